The Morgan fingerprint density at radius 2 is 1.76 bits per heavy atom. The maximum atomic E-state index is 13.0. The van der Waals surface area contributed by atoms with Gasteiger partial charge in [0.15, 0.2) is 0 Å². The van der Waals surface area contributed by atoms with E-state index in [4.69, 9.17) is 0 Å². The molecular formula is C23H21F3N4O3S. The van der Waals surface area contributed by atoms with Crippen molar-refractivity contribution in [1.29, 1.82) is 0 Å². The summed E-state index contributed by atoms with van der Waals surface area (Å²) in [4.78, 5) is 21.1. The molecule has 7 nitrogen and oxygen atoms in total. The van der Waals surface area contributed by atoms with Crippen LogP contribution in [-0.2, 0) is 27.5 Å². The number of hydrogen-bond donors (Lipinski definition) is 1. The maximum absolute atomic E-state index is 13.0. The first-order chi connectivity index (χ1) is 16.2. The third-order valence-corrected chi connectivity index (χ3v) is 7.45. The quantitative estimate of drug-likeness (QED) is 0.570. The van der Waals surface area contributed by atoms with Gasteiger partial charge in [-0.25, -0.2) is 18.4 Å². The highest BCUT2D eigenvalue weighted by Crippen LogP contribution is 2.31. The summed E-state index contributed by atoms with van der Waals surface area (Å²) in [6, 6.07) is 13.3. The SMILES string of the molecule is O=C(NCc1cc(-c2ccc(C(F)(F)F)cc2)ncn1)[C@@H]1CCCN1S(=O)(=O)c1ccccc1. The number of aromatic nitrogens is 2. The lowest BCUT2D eigenvalue weighted by atomic mass is 10.1. The fourth-order valence-corrected chi connectivity index (χ4v) is 5.47. The molecule has 4 rings (SSSR count). The van der Waals surface area contributed by atoms with Gasteiger partial charge in [-0.2, -0.15) is 17.5 Å². The molecule has 1 N–H and O–H groups in total. The molecule has 178 valence electrons. The summed E-state index contributed by atoms with van der Waals surface area (Å²) >= 11 is 0. The number of nitrogens with zero attached hydrogens (tertiary/aromatic N) is 3. The van der Waals surface area contributed by atoms with Crippen LogP contribution in [0.5, 0.6) is 0 Å². The molecule has 1 aliphatic heterocycles. The van der Waals surface area contributed by atoms with Crippen LogP contribution >= 0.6 is 0 Å². The largest absolute Gasteiger partial charge is 0.416 e. The minimum Gasteiger partial charge on any atom is -0.349 e. The molecule has 11 heteroatoms. The summed E-state index contributed by atoms with van der Waals surface area (Å²) in [5.74, 6) is -0.438. The number of carbonyl (C=O) groups excluding carboxylic acids is 1. The molecule has 1 aromatic heterocycles. The first-order valence-electron chi connectivity index (χ1n) is 10.5. The first kappa shape index (κ1) is 23.8. The normalized spacial score (nSPS) is 17.0. The third-order valence-electron chi connectivity index (χ3n) is 5.53. The fourth-order valence-electron chi connectivity index (χ4n) is 3.80. The molecule has 0 radical (unpaired) electrons. The van der Waals surface area contributed by atoms with Gasteiger partial charge in [-0.05, 0) is 43.2 Å². The predicted octanol–water partition coefficient (Wildman–Crippen LogP) is 3.63. The highest BCUT2D eigenvalue weighted by atomic mass is 32.2. The zero-order valence-electron chi connectivity index (χ0n) is 17.9. The maximum Gasteiger partial charge on any atom is 0.416 e. The number of halogens is 3. The Morgan fingerprint density at radius 3 is 2.44 bits per heavy atom. The molecule has 1 amide bonds. The number of alkyl halides is 3. The number of amides is 1. The van der Waals surface area contributed by atoms with Gasteiger partial charge in [0.2, 0.25) is 15.9 Å². The molecule has 1 fully saturated rings. The summed E-state index contributed by atoms with van der Waals surface area (Å²) < 4.78 is 65.5. The van der Waals surface area contributed by atoms with Crippen LogP contribution in [0.3, 0.4) is 0 Å². The van der Waals surface area contributed by atoms with E-state index >= 15 is 0 Å². The lowest BCUT2D eigenvalue weighted by molar-refractivity contribution is -0.137. The number of rotatable bonds is 6. The lowest BCUT2D eigenvalue weighted by Gasteiger charge is -2.23. The number of nitrogens with one attached hydrogen (secondary N) is 1. The second kappa shape index (κ2) is 9.51. The summed E-state index contributed by atoms with van der Waals surface area (Å²) in [5.41, 5.74) is 0.555. The van der Waals surface area contributed by atoms with Crippen molar-refractivity contribution in [3.05, 3.63) is 78.2 Å². The summed E-state index contributed by atoms with van der Waals surface area (Å²) in [5, 5.41) is 2.72. The van der Waals surface area contributed by atoms with Gasteiger partial charge >= 0.3 is 6.18 Å². The summed E-state index contributed by atoms with van der Waals surface area (Å²) in [6.07, 6.45) is -2.20. The van der Waals surface area contributed by atoms with Crippen molar-refractivity contribution < 1.29 is 26.4 Å². The molecular weight excluding hydrogens is 469 g/mol. The lowest BCUT2D eigenvalue weighted by Crippen LogP contribution is -2.45. The van der Waals surface area contributed by atoms with Crippen LogP contribution in [0.1, 0.15) is 24.1 Å². The highest BCUT2D eigenvalue weighted by Gasteiger charge is 2.39. The Morgan fingerprint density at radius 1 is 1.06 bits per heavy atom. The van der Waals surface area contributed by atoms with Crippen LogP contribution in [-0.4, -0.2) is 41.2 Å². The predicted molar refractivity (Wildman–Crippen MR) is 118 cm³/mol. The van der Waals surface area contributed by atoms with Gasteiger partial charge in [-0.3, -0.25) is 4.79 Å². The van der Waals surface area contributed by atoms with Crippen molar-refractivity contribution in [1.82, 2.24) is 19.6 Å². The van der Waals surface area contributed by atoms with Gasteiger partial charge < -0.3 is 5.32 Å². The molecule has 0 saturated carbocycles. The van der Waals surface area contributed by atoms with E-state index in [-0.39, 0.29) is 18.0 Å². The summed E-state index contributed by atoms with van der Waals surface area (Å²) in [7, 11) is -3.81. The Kier molecular flexibility index (Phi) is 6.67. The molecule has 1 atom stereocenters. The second-order valence-electron chi connectivity index (χ2n) is 7.77. The average Bonchev–Trinajstić information content (AvgIpc) is 3.34. The summed E-state index contributed by atoms with van der Waals surface area (Å²) in [6.45, 7) is 0.269. The van der Waals surface area contributed by atoms with Gasteiger partial charge in [-0.15, -0.1) is 0 Å². The zero-order chi connectivity index (χ0) is 24.3. The number of hydrogen-bond acceptors (Lipinski definition) is 5. The van der Waals surface area contributed by atoms with E-state index in [1.807, 2.05) is 0 Å². The van der Waals surface area contributed by atoms with Gasteiger partial charge in [0.1, 0.15) is 12.4 Å². The van der Waals surface area contributed by atoms with Crippen molar-refractivity contribution >= 4 is 15.9 Å². The Hall–Kier alpha value is -3.31. The van der Waals surface area contributed by atoms with E-state index in [1.54, 1.807) is 24.3 Å². The minimum absolute atomic E-state index is 0.0186. The molecule has 2 aromatic carbocycles. The minimum atomic E-state index is -4.43. The van der Waals surface area contributed by atoms with E-state index in [1.165, 1.54) is 34.9 Å². The smallest absolute Gasteiger partial charge is 0.349 e. The molecule has 0 bridgehead atoms. The van der Waals surface area contributed by atoms with Crippen LogP contribution in [0.4, 0.5) is 13.2 Å². The van der Waals surface area contributed by atoms with Crippen molar-refractivity contribution in [2.45, 2.75) is 36.5 Å². The topological polar surface area (TPSA) is 92.3 Å². The molecule has 0 spiro atoms. The van der Waals surface area contributed by atoms with Crippen LogP contribution in [0, 0.1) is 0 Å². The third kappa shape index (κ3) is 5.10. The van der Waals surface area contributed by atoms with E-state index in [0.29, 0.717) is 29.8 Å². The van der Waals surface area contributed by atoms with Gasteiger partial charge in [0, 0.05) is 12.1 Å². The van der Waals surface area contributed by atoms with Gasteiger partial charge in [0.25, 0.3) is 0 Å². The highest BCUT2D eigenvalue weighted by molar-refractivity contribution is 7.89. The van der Waals surface area contributed by atoms with Crippen molar-refractivity contribution in [2.75, 3.05) is 6.54 Å². The fraction of sp³-hybridized carbons (Fsp3) is 0.261. The van der Waals surface area contributed by atoms with Crippen LogP contribution in [0.2, 0.25) is 0 Å². The number of carbonyl (C=O) groups is 1. The van der Waals surface area contributed by atoms with E-state index in [9.17, 15) is 26.4 Å². The zero-order valence-corrected chi connectivity index (χ0v) is 18.7. The standard InChI is InChI=1S/C23H21F3N4O3S/c24-23(25,26)17-10-8-16(9-11-17)20-13-18(28-15-29-20)14-27-22(31)21-7-4-12-30(21)34(32,33)19-5-2-1-3-6-19/h1-3,5-6,8-11,13,15,21H,4,7,12,14H2,(H,27,31)/t21-/m0/s1. The van der Waals surface area contributed by atoms with Crippen molar-refractivity contribution in [2.24, 2.45) is 0 Å². The van der Waals surface area contributed by atoms with Crippen LogP contribution in [0.25, 0.3) is 11.3 Å². The van der Waals surface area contributed by atoms with Gasteiger partial charge in [-0.1, -0.05) is 30.3 Å². The molecule has 2 heterocycles. The molecule has 3 aromatic rings. The van der Waals surface area contributed by atoms with Crippen LogP contribution < -0.4 is 5.32 Å². The molecule has 0 aliphatic carbocycles. The Balaban J connectivity index is 1.44. The van der Waals surface area contributed by atoms with E-state index in [2.05, 4.69) is 15.3 Å². The van der Waals surface area contributed by atoms with Crippen molar-refractivity contribution in [3.8, 4) is 11.3 Å². The Bertz CT molecular complexity index is 1270. The monoisotopic (exact) mass is 490 g/mol. The van der Waals surface area contributed by atoms with E-state index < -0.39 is 33.7 Å². The second-order valence-corrected chi connectivity index (χ2v) is 9.66. The molecule has 1 saturated heterocycles. The number of sulfonamides is 1. The van der Waals surface area contributed by atoms with Gasteiger partial charge in [0.05, 0.1) is 28.4 Å². The van der Waals surface area contributed by atoms with E-state index in [0.717, 1.165) is 12.1 Å². The average molecular weight is 491 g/mol. The molecule has 1 aliphatic rings. The number of benzene rings is 2. The molecule has 34 heavy (non-hydrogen) atoms. The Labute approximate surface area is 194 Å². The first-order valence-corrected chi connectivity index (χ1v) is 11.9. The molecule has 0 unspecified atom stereocenters. The van der Waals surface area contributed by atoms with Crippen molar-refractivity contribution in [3.63, 3.8) is 0 Å². The van der Waals surface area contributed by atoms with Crippen LogP contribution in [0.15, 0.2) is 71.9 Å².